The fourth-order valence-electron chi connectivity index (χ4n) is 2.65. The van der Waals surface area contributed by atoms with E-state index in [0.717, 1.165) is 29.1 Å². The fraction of sp³-hybridized carbons (Fsp3) is 0.278. The molecule has 0 unspecified atom stereocenters. The maximum Gasteiger partial charge on any atom is 0.315 e. The molecule has 0 saturated carbocycles. The number of methoxy groups -OCH3 is 1. The highest BCUT2D eigenvalue weighted by molar-refractivity contribution is 9.10. The number of carbonyl (C=O) groups is 1. The zero-order valence-electron chi connectivity index (χ0n) is 14.9. The smallest absolute Gasteiger partial charge is 0.315 e. The van der Waals surface area contributed by atoms with Crippen LogP contribution in [0.1, 0.15) is 5.89 Å². The van der Waals surface area contributed by atoms with Crippen LogP contribution in [-0.2, 0) is 16.0 Å². The van der Waals surface area contributed by atoms with Crippen molar-refractivity contribution in [1.29, 1.82) is 0 Å². The summed E-state index contributed by atoms with van der Waals surface area (Å²) in [6, 6.07) is 11.4. The van der Waals surface area contributed by atoms with Crippen molar-refractivity contribution in [3.05, 3.63) is 46.8 Å². The molecule has 1 aliphatic rings. The van der Waals surface area contributed by atoms with Gasteiger partial charge in [-0.25, -0.2) is 0 Å². The van der Waals surface area contributed by atoms with E-state index in [1.54, 1.807) is 6.07 Å². The molecule has 3 aromatic rings. The molecule has 28 heavy (non-hydrogen) atoms. The topological polar surface area (TPSA) is 103 Å². The van der Waals surface area contributed by atoms with Crippen LogP contribution < -0.4 is 9.64 Å². The third-order valence-electron chi connectivity index (χ3n) is 4.16. The SMILES string of the molecule is COC(=O)Cc1nnc(-c2ccc(N3CC(Oc4ccccc4Br)C3)nn2)o1. The van der Waals surface area contributed by atoms with Gasteiger partial charge in [-0.2, -0.15) is 0 Å². The van der Waals surface area contributed by atoms with Gasteiger partial charge in [0.05, 0.1) is 24.7 Å². The molecule has 0 spiro atoms. The van der Waals surface area contributed by atoms with E-state index in [1.807, 2.05) is 30.3 Å². The highest BCUT2D eigenvalue weighted by Crippen LogP contribution is 2.28. The minimum atomic E-state index is -0.450. The van der Waals surface area contributed by atoms with E-state index in [-0.39, 0.29) is 24.3 Å². The van der Waals surface area contributed by atoms with Crippen LogP contribution in [0.5, 0.6) is 5.75 Å². The van der Waals surface area contributed by atoms with Crippen molar-refractivity contribution in [3.63, 3.8) is 0 Å². The van der Waals surface area contributed by atoms with E-state index < -0.39 is 5.97 Å². The Bertz CT molecular complexity index is 972. The minimum Gasteiger partial charge on any atom is -0.486 e. The number of nitrogens with zero attached hydrogens (tertiary/aromatic N) is 5. The van der Waals surface area contributed by atoms with Gasteiger partial charge in [-0.15, -0.1) is 20.4 Å². The summed E-state index contributed by atoms with van der Waals surface area (Å²) in [5.41, 5.74) is 0.439. The predicted molar refractivity (Wildman–Crippen MR) is 102 cm³/mol. The van der Waals surface area contributed by atoms with Crippen molar-refractivity contribution < 1.29 is 18.7 Å². The number of anilines is 1. The van der Waals surface area contributed by atoms with Crippen molar-refractivity contribution in [2.24, 2.45) is 0 Å². The Morgan fingerprint density at radius 3 is 2.71 bits per heavy atom. The van der Waals surface area contributed by atoms with Crippen LogP contribution in [0.3, 0.4) is 0 Å². The van der Waals surface area contributed by atoms with Gasteiger partial charge < -0.3 is 18.8 Å². The molecule has 1 saturated heterocycles. The number of ether oxygens (including phenoxy) is 2. The predicted octanol–water partition coefficient (Wildman–Crippen LogP) is 2.27. The fourth-order valence-corrected chi connectivity index (χ4v) is 3.03. The van der Waals surface area contributed by atoms with Crippen LogP contribution in [0.15, 0.2) is 45.3 Å². The third-order valence-corrected chi connectivity index (χ3v) is 4.82. The highest BCUT2D eigenvalue weighted by Gasteiger charge is 2.30. The van der Waals surface area contributed by atoms with Gasteiger partial charge in [0.1, 0.15) is 24.0 Å². The van der Waals surface area contributed by atoms with Crippen molar-refractivity contribution in [3.8, 4) is 17.3 Å². The zero-order valence-corrected chi connectivity index (χ0v) is 16.5. The molecule has 144 valence electrons. The number of carbonyl (C=O) groups excluding carboxylic acids is 1. The first kappa shape index (κ1) is 18.4. The van der Waals surface area contributed by atoms with Gasteiger partial charge in [0.25, 0.3) is 5.89 Å². The van der Waals surface area contributed by atoms with Crippen LogP contribution in [0.2, 0.25) is 0 Å². The van der Waals surface area contributed by atoms with Crippen LogP contribution in [0, 0.1) is 0 Å². The lowest BCUT2D eigenvalue weighted by molar-refractivity contribution is -0.140. The third kappa shape index (κ3) is 3.96. The molecule has 1 aromatic carbocycles. The quantitative estimate of drug-likeness (QED) is 0.528. The number of halogens is 1. The van der Waals surface area contributed by atoms with Crippen LogP contribution in [0.25, 0.3) is 11.6 Å². The van der Waals surface area contributed by atoms with Gasteiger partial charge in [0, 0.05) is 0 Å². The number of rotatable bonds is 6. The number of esters is 1. The molecular weight excluding hydrogens is 430 g/mol. The summed E-state index contributed by atoms with van der Waals surface area (Å²) in [6.07, 6.45) is 0.0128. The maximum absolute atomic E-state index is 11.3. The lowest BCUT2D eigenvalue weighted by Crippen LogP contribution is -2.54. The Balaban J connectivity index is 1.34. The van der Waals surface area contributed by atoms with Crippen molar-refractivity contribution in [2.75, 3.05) is 25.1 Å². The first-order valence-electron chi connectivity index (χ1n) is 8.52. The molecule has 0 aliphatic carbocycles. The maximum atomic E-state index is 11.3. The van der Waals surface area contributed by atoms with E-state index >= 15 is 0 Å². The molecule has 3 heterocycles. The van der Waals surface area contributed by atoms with Crippen LogP contribution >= 0.6 is 15.9 Å². The van der Waals surface area contributed by atoms with E-state index in [2.05, 4.69) is 46.0 Å². The summed E-state index contributed by atoms with van der Waals surface area (Å²) in [6.45, 7) is 1.44. The number of benzene rings is 1. The standard InChI is InChI=1S/C18H16BrN5O4/c1-26-17(25)8-16-22-23-18(28-16)13-6-7-15(21-20-13)24-9-11(10-24)27-14-5-3-2-4-12(14)19/h2-7,11H,8-10H2,1H3. The molecular formula is C18H16BrN5O4. The van der Waals surface area contributed by atoms with Crippen LogP contribution in [-0.4, -0.2) is 52.7 Å². The summed E-state index contributed by atoms with van der Waals surface area (Å²) < 4.78 is 16.9. The normalized spacial score (nSPS) is 13.9. The summed E-state index contributed by atoms with van der Waals surface area (Å²) in [4.78, 5) is 13.3. The number of hydrogen-bond acceptors (Lipinski definition) is 9. The molecule has 4 rings (SSSR count). The summed E-state index contributed by atoms with van der Waals surface area (Å²) >= 11 is 3.48. The Labute approximate surface area is 168 Å². The zero-order chi connectivity index (χ0) is 19.5. The Kier molecular flexibility index (Phi) is 5.20. The Hall–Kier alpha value is -3.01. The molecule has 0 N–H and O–H groups in total. The first-order chi connectivity index (χ1) is 13.6. The van der Waals surface area contributed by atoms with Gasteiger partial charge in [-0.3, -0.25) is 4.79 Å². The van der Waals surface area contributed by atoms with Gasteiger partial charge in [-0.1, -0.05) is 12.1 Å². The molecule has 0 radical (unpaired) electrons. The van der Waals surface area contributed by atoms with Crippen molar-refractivity contribution in [1.82, 2.24) is 20.4 Å². The van der Waals surface area contributed by atoms with Crippen molar-refractivity contribution >= 4 is 27.7 Å². The molecule has 1 aliphatic heterocycles. The lowest BCUT2D eigenvalue weighted by atomic mass is 10.1. The summed E-state index contributed by atoms with van der Waals surface area (Å²) in [5.74, 6) is 1.49. The number of para-hydroxylation sites is 1. The monoisotopic (exact) mass is 445 g/mol. The number of aromatic nitrogens is 4. The minimum absolute atomic E-state index is 0.0816. The molecule has 9 nitrogen and oxygen atoms in total. The van der Waals surface area contributed by atoms with Crippen molar-refractivity contribution in [2.45, 2.75) is 12.5 Å². The van der Waals surface area contributed by atoms with Gasteiger partial charge in [-0.05, 0) is 40.2 Å². The average molecular weight is 446 g/mol. The second kappa shape index (κ2) is 7.93. The van der Waals surface area contributed by atoms with Gasteiger partial charge >= 0.3 is 5.97 Å². The summed E-state index contributed by atoms with van der Waals surface area (Å²) in [7, 11) is 1.30. The van der Waals surface area contributed by atoms with E-state index in [4.69, 9.17) is 9.15 Å². The molecule has 0 atom stereocenters. The second-order valence-electron chi connectivity index (χ2n) is 6.11. The Morgan fingerprint density at radius 1 is 1.18 bits per heavy atom. The van der Waals surface area contributed by atoms with Crippen LogP contribution in [0.4, 0.5) is 5.82 Å². The average Bonchev–Trinajstić information content (AvgIpc) is 3.14. The lowest BCUT2D eigenvalue weighted by Gasteiger charge is -2.39. The van der Waals surface area contributed by atoms with E-state index in [1.165, 1.54) is 7.11 Å². The summed E-state index contributed by atoms with van der Waals surface area (Å²) in [5, 5.41) is 16.0. The molecule has 0 amide bonds. The highest BCUT2D eigenvalue weighted by atomic mass is 79.9. The molecule has 1 fully saturated rings. The van der Waals surface area contributed by atoms with Gasteiger partial charge in [0.2, 0.25) is 5.89 Å². The number of hydrogen-bond donors (Lipinski definition) is 0. The first-order valence-corrected chi connectivity index (χ1v) is 9.31. The molecule has 0 bridgehead atoms. The second-order valence-corrected chi connectivity index (χ2v) is 6.96. The van der Waals surface area contributed by atoms with Gasteiger partial charge in [0.15, 0.2) is 5.82 Å². The largest absolute Gasteiger partial charge is 0.486 e. The Morgan fingerprint density at radius 2 is 2.00 bits per heavy atom. The molecule has 2 aromatic heterocycles. The van der Waals surface area contributed by atoms with E-state index in [0.29, 0.717) is 5.69 Å². The molecule has 10 heteroatoms. The van der Waals surface area contributed by atoms with E-state index in [9.17, 15) is 4.79 Å².